The Morgan fingerprint density at radius 2 is 2.18 bits per heavy atom. The monoisotopic (exact) mass is 257 g/mol. The van der Waals surface area contributed by atoms with Gasteiger partial charge in [0.05, 0.1) is 11.2 Å². The third kappa shape index (κ3) is 3.91. The van der Waals surface area contributed by atoms with Crippen molar-refractivity contribution in [2.75, 3.05) is 6.54 Å². The molecule has 0 saturated heterocycles. The maximum atomic E-state index is 11.7. The van der Waals surface area contributed by atoms with Crippen molar-refractivity contribution >= 4 is 17.5 Å². The first kappa shape index (κ1) is 13.8. The minimum absolute atomic E-state index is 0.101. The smallest absolute Gasteiger partial charge is 0.255 e. The number of hydrogen-bond acceptors (Lipinski definition) is 3. The Labute approximate surface area is 105 Å². The molecule has 0 fully saturated rings. The molecule has 0 bridgehead atoms. The van der Waals surface area contributed by atoms with Crippen LogP contribution in [0.2, 0.25) is 5.02 Å². The van der Waals surface area contributed by atoms with E-state index >= 15 is 0 Å². The third-order valence-electron chi connectivity index (χ3n) is 2.59. The van der Waals surface area contributed by atoms with Crippen molar-refractivity contribution in [1.29, 1.82) is 0 Å². The van der Waals surface area contributed by atoms with Crippen molar-refractivity contribution in [3.8, 4) is 5.75 Å². The molecule has 0 saturated carbocycles. The summed E-state index contributed by atoms with van der Waals surface area (Å²) in [6.07, 6.45) is 0.523. The predicted molar refractivity (Wildman–Crippen MR) is 66.4 cm³/mol. The van der Waals surface area contributed by atoms with Crippen molar-refractivity contribution < 1.29 is 15.0 Å². The Kier molecular flexibility index (Phi) is 4.37. The number of phenolic OH excluding ortho intramolecular Hbond substituents is 1. The molecule has 1 aromatic rings. The van der Waals surface area contributed by atoms with Gasteiger partial charge >= 0.3 is 0 Å². The highest BCUT2D eigenvalue weighted by Gasteiger charge is 2.20. The zero-order valence-electron chi connectivity index (χ0n) is 9.83. The van der Waals surface area contributed by atoms with Crippen molar-refractivity contribution in [3.63, 3.8) is 0 Å². The maximum Gasteiger partial charge on any atom is 0.255 e. The number of hydrogen-bond donors (Lipinski definition) is 3. The first-order valence-electron chi connectivity index (χ1n) is 5.35. The highest BCUT2D eigenvalue weighted by atomic mass is 35.5. The van der Waals surface area contributed by atoms with Crippen LogP contribution in [0.1, 0.15) is 30.6 Å². The van der Waals surface area contributed by atoms with Crippen molar-refractivity contribution in [3.05, 3.63) is 28.8 Å². The molecule has 4 nitrogen and oxygen atoms in total. The van der Waals surface area contributed by atoms with Gasteiger partial charge in [0, 0.05) is 11.6 Å². The van der Waals surface area contributed by atoms with E-state index in [9.17, 15) is 15.0 Å². The molecule has 3 N–H and O–H groups in total. The molecule has 0 aromatic heterocycles. The van der Waals surface area contributed by atoms with E-state index in [0.29, 0.717) is 11.4 Å². The number of aromatic hydroxyl groups is 1. The molecule has 5 heteroatoms. The van der Waals surface area contributed by atoms with Gasteiger partial charge in [-0.15, -0.1) is 0 Å². The molecule has 0 spiro atoms. The molecule has 0 heterocycles. The van der Waals surface area contributed by atoms with Crippen LogP contribution < -0.4 is 5.32 Å². The summed E-state index contributed by atoms with van der Waals surface area (Å²) < 4.78 is 0. The number of phenols is 1. The highest BCUT2D eigenvalue weighted by Crippen LogP contribution is 2.21. The van der Waals surface area contributed by atoms with Crippen LogP contribution in [-0.2, 0) is 0 Å². The molecular weight excluding hydrogens is 242 g/mol. The molecule has 0 unspecified atom stereocenters. The Bertz CT molecular complexity index is 418. The maximum absolute atomic E-state index is 11.7. The summed E-state index contributed by atoms with van der Waals surface area (Å²) in [5, 5.41) is 22.2. The summed E-state index contributed by atoms with van der Waals surface area (Å²) in [7, 11) is 0. The number of amides is 1. The predicted octanol–water partition coefficient (Wildman–Crippen LogP) is 1.94. The third-order valence-corrected chi connectivity index (χ3v) is 2.83. The quantitative estimate of drug-likeness (QED) is 0.772. The molecule has 1 amide bonds. The first-order chi connectivity index (χ1) is 7.85. The molecule has 0 aliphatic heterocycles. The fraction of sp³-hybridized carbons (Fsp3) is 0.417. The average Bonchev–Trinajstić information content (AvgIpc) is 2.29. The molecular formula is C12H16ClNO3. The lowest BCUT2D eigenvalue weighted by atomic mass is 10.0. The Balaban J connectivity index is 2.74. The average molecular weight is 258 g/mol. The number of carbonyl (C=O) groups excluding carboxylic acids is 1. The van der Waals surface area contributed by atoms with Gasteiger partial charge in [-0.05, 0) is 31.5 Å². The zero-order valence-corrected chi connectivity index (χ0v) is 10.6. The van der Waals surface area contributed by atoms with E-state index in [0.717, 1.165) is 0 Å². The molecule has 17 heavy (non-hydrogen) atoms. The van der Waals surface area contributed by atoms with Crippen LogP contribution in [0.15, 0.2) is 18.2 Å². The Morgan fingerprint density at radius 3 is 2.76 bits per heavy atom. The van der Waals surface area contributed by atoms with E-state index in [1.807, 2.05) is 6.92 Å². The van der Waals surface area contributed by atoms with E-state index in [2.05, 4.69) is 5.32 Å². The number of carbonyl (C=O) groups is 1. The summed E-state index contributed by atoms with van der Waals surface area (Å²) >= 11 is 5.74. The van der Waals surface area contributed by atoms with Crippen LogP contribution in [0.4, 0.5) is 0 Å². The normalized spacial score (nSPS) is 14.1. The summed E-state index contributed by atoms with van der Waals surface area (Å²) in [6.45, 7) is 3.57. The fourth-order valence-corrected chi connectivity index (χ4v) is 1.35. The van der Waals surface area contributed by atoms with Crippen molar-refractivity contribution in [2.24, 2.45) is 0 Å². The van der Waals surface area contributed by atoms with Crippen LogP contribution in [0.5, 0.6) is 5.75 Å². The van der Waals surface area contributed by atoms with Crippen LogP contribution >= 0.6 is 11.6 Å². The number of aliphatic hydroxyl groups is 1. The van der Waals surface area contributed by atoms with Gasteiger partial charge in [0.1, 0.15) is 5.75 Å². The lowest BCUT2D eigenvalue weighted by molar-refractivity contribution is 0.0517. The molecule has 1 rings (SSSR count). The first-order valence-corrected chi connectivity index (χ1v) is 5.72. The largest absolute Gasteiger partial charge is 0.507 e. The second-order valence-corrected chi connectivity index (χ2v) is 4.63. The molecule has 1 atom stereocenters. The van der Waals surface area contributed by atoms with Crippen LogP contribution in [0, 0.1) is 0 Å². The van der Waals surface area contributed by atoms with Crippen LogP contribution in [-0.4, -0.2) is 28.3 Å². The van der Waals surface area contributed by atoms with E-state index < -0.39 is 11.5 Å². The number of benzene rings is 1. The molecule has 94 valence electrons. The van der Waals surface area contributed by atoms with Gasteiger partial charge in [-0.25, -0.2) is 0 Å². The minimum atomic E-state index is -0.955. The Morgan fingerprint density at radius 1 is 1.53 bits per heavy atom. The van der Waals surface area contributed by atoms with E-state index in [-0.39, 0.29) is 17.9 Å². The fourth-order valence-electron chi connectivity index (χ4n) is 1.18. The summed E-state index contributed by atoms with van der Waals surface area (Å²) in [4.78, 5) is 11.7. The van der Waals surface area contributed by atoms with Gasteiger partial charge in [0.15, 0.2) is 0 Å². The van der Waals surface area contributed by atoms with E-state index in [1.54, 1.807) is 6.92 Å². The van der Waals surface area contributed by atoms with Gasteiger partial charge in [0.2, 0.25) is 0 Å². The zero-order chi connectivity index (χ0) is 13.1. The number of halogens is 1. The lowest BCUT2D eigenvalue weighted by Crippen LogP contribution is -2.40. The minimum Gasteiger partial charge on any atom is -0.507 e. The molecule has 0 radical (unpaired) electrons. The van der Waals surface area contributed by atoms with Crippen LogP contribution in [0.25, 0.3) is 0 Å². The topological polar surface area (TPSA) is 69.6 Å². The van der Waals surface area contributed by atoms with Gasteiger partial charge in [-0.1, -0.05) is 18.5 Å². The summed E-state index contributed by atoms with van der Waals surface area (Å²) in [6, 6.07) is 4.23. The van der Waals surface area contributed by atoms with Crippen molar-refractivity contribution in [1.82, 2.24) is 5.32 Å². The second kappa shape index (κ2) is 5.38. The molecule has 0 aliphatic rings. The van der Waals surface area contributed by atoms with E-state index in [1.165, 1.54) is 18.2 Å². The van der Waals surface area contributed by atoms with Crippen LogP contribution in [0.3, 0.4) is 0 Å². The van der Waals surface area contributed by atoms with Gasteiger partial charge < -0.3 is 15.5 Å². The number of rotatable bonds is 4. The Hall–Kier alpha value is -1.26. The molecule has 1 aromatic carbocycles. The standard InChI is InChI=1S/C12H16ClNO3/c1-3-12(2,17)7-14-11(16)9-6-8(13)4-5-10(9)15/h4-6,15,17H,3,7H2,1-2H3,(H,14,16)/t12-/m1/s1. The van der Waals surface area contributed by atoms with Crippen molar-refractivity contribution in [2.45, 2.75) is 25.9 Å². The van der Waals surface area contributed by atoms with E-state index in [4.69, 9.17) is 11.6 Å². The molecule has 0 aliphatic carbocycles. The lowest BCUT2D eigenvalue weighted by Gasteiger charge is -2.21. The second-order valence-electron chi connectivity index (χ2n) is 4.19. The summed E-state index contributed by atoms with van der Waals surface area (Å²) in [5.74, 6) is -0.596. The highest BCUT2D eigenvalue weighted by molar-refractivity contribution is 6.31. The SMILES string of the molecule is CC[C@@](C)(O)CNC(=O)c1cc(Cl)ccc1O. The van der Waals surface area contributed by atoms with Gasteiger partial charge in [-0.3, -0.25) is 4.79 Å². The number of nitrogens with one attached hydrogen (secondary N) is 1. The van der Waals surface area contributed by atoms with Gasteiger partial charge in [0.25, 0.3) is 5.91 Å². The van der Waals surface area contributed by atoms with Gasteiger partial charge in [-0.2, -0.15) is 0 Å². The summed E-state index contributed by atoms with van der Waals surface area (Å²) in [5.41, 5.74) is -0.853.